The number of anilines is 2. The second kappa shape index (κ2) is 7.59. The first kappa shape index (κ1) is 16.0. The lowest BCUT2D eigenvalue weighted by molar-refractivity contribution is 0.0761. The number of aromatic nitrogens is 1. The molecular formula is C18H20BrN3O. The number of nitrogens with zero attached hydrogens (tertiary/aromatic N) is 2. The predicted octanol–water partition coefficient (Wildman–Crippen LogP) is 4.60. The molecule has 1 aliphatic heterocycles. The number of halogens is 1. The van der Waals surface area contributed by atoms with E-state index in [-0.39, 0.29) is 5.91 Å². The van der Waals surface area contributed by atoms with Crippen molar-refractivity contribution in [1.82, 2.24) is 9.88 Å². The van der Waals surface area contributed by atoms with Gasteiger partial charge in [0, 0.05) is 35.0 Å². The van der Waals surface area contributed by atoms with E-state index in [0.717, 1.165) is 36.1 Å². The lowest BCUT2D eigenvalue weighted by Crippen LogP contribution is -2.31. The average Bonchev–Trinajstić information content (AvgIpc) is 2.84. The van der Waals surface area contributed by atoms with E-state index in [1.54, 1.807) is 12.3 Å². The molecule has 4 nitrogen and oxygen atoms in total. The highest BCUT2D eigenvalue weighted by atomic mass is 79.9. The molecule has 23 heavy (non-hydrogen) atoms. The van der Waals surface area contributed by atoms with E-state index >= 15 is 0 Å². The van der Waals surface area contributed by atoms with E-state index in [0.29, 0.717) is 11.4 Å². The van der Waals surface area contributed by atoms with Gasteiger partial charge in [-0.2, -0.15) is 0 Å². The molecule has 1 N–H and O–H groups in total. The second-order valence-electron chi connectivity index (χ2n) is 5.77. The van der Waals surface area contributed by atoms with Crippen molar-refractivity contribution in [2.24, 2.45) is 0 Å². The minimum Gasteiger partial charge on any atom is -0.340 e. The Morgan fingerprint density at radius 3 is 2.61 bits per heavy atom. The fraction of sp³-hybridized carbons (Fsp3) is 0.333. The number of rotatable bonds is 3. The third-order valence-corrected chi connectivity index (χ3v) is 4.49. The minimum atomic E-state index is 0.103. The van der Waals surface area contributed by atoms with Crippen LogP contribution in [-0.4, -0.2) is 28.9 Å². The predicted molar refractivity (Wildman–Crippen MR) is 96.0 cm³/mol. The standard InChI is InChI=1S/C18H20BrN3O/c19-15-6-5-7-16(13-15)21-17-12-14(8-9-20-17)18(23)22-10-3-1-2-4-11-22/h5-9,12-13H,1-4,10-11H2,(H,20,21). The van der Waals surface area contributed by atoms with Gasteiger partial charge in [-0.1, -0.05) is 34.8 Å². The molecule has 0 radical (unpaired) electrons. The van der Waals surface area contributed by atoms with Crippen molar-refractivity contribution in [3.05, 3.63) is 52.6 Å². The number of nitrogens with one attached hydrogen (secondary N) is 1. The largest absolute Gasteiger partial charge is 0.340 e. The zero-order valence-corrected chi connectivity index (χ0v) is 14.6. The first-order valence-corrected chi connectivity index (χ1v) is 8.79. The summed E-state index contributed by atoms with van der Waals surface area (Å²) in [6, 6.07) is 11.5. The number of carbonyl (C=O) groups excluding carboxylic acids is 1. The summed E-state index contributed by atoms with van der Waals surface area (Å²) in [5.74, 6) is 0.787. The smallest absolute Gasteiger partial charge is 0.254 e. The van der Waals surface area contributed by atoms with Crippen molar-refractivity contribution in [1.29, 1.82) is 0 Å². The number of likely N-dealkylation sites (tertiary alicyclic amines) is 1. The molecule has 1 amide bonds. The van der Waals surface area contributed by atoms with Crippen molar-refractivity contribution >= 4 is 33.3 Å². The van der Waals surface area contributed by atoms with E-state index in [1.165, 1.54) is 12.8 Å². The Balaban J connectivity index is 1.75. The second-order valence-corrected chi connectivity index (χ2v) is 6.69. The Kier molecular flexibility index (Phi) is 5.28. The molecule has 120 valence electrons. The van der Waals surface area contributed by atoms with Gasteiger partial charge in [0.05, 0.1) is 0 Å². The van der Waals surface area contributed by atoms with Crippen LogP contribution in [0.15, 0.2) is 47.1 Å². The molecule has 2 heterocycles. The molecule has 0 unspecified atom stereocenters. The molecule has 1 aliphatic rings. The molecule has 0 spiro atoms. The Morgan fingerprint density at radius 2 is 1.87 bits per heavy atom. The fourth-order valence-electron chi connectivity index (χ4n) is 2.80. The van der Waals surface area contributed by atoms with Gasteiger partial charge in [0.15, 0.2) is 0 Å². The number of carbonyl (C=O) groups is 1. The van der Waals surface area contributed by atoms with Crippen LogP contribution in [0.5, 0.6) is 0 Å². The molecule has 1 aromatic carbocycles. The van der Waals surface area contributed by atoms with Gasteiger partial charge >= 0.3 is 0 Å². The molecule has 0 aliphatic carbocycles. The van der Waals surface area contributed by atoms with Crippen molar-refractivity contribution in [3.63, 3.8) is 0 Å². The number of hydrogen-bond acceptors (Lipinski definition) is 3. The van der Waals surface area contributed by atoms with Crippen LogP contribution < -0.4 is 5.32 Å². The van der Waals surface area contributed by atoms with E-state index < -0.39 is 0 Å². The van der Waals surface area contributed by atoms with Crippen LogP contribution in [0.1, 0.15) is 36.0 Å². The third-order valence-electron chi connectivity index (χ3n) is 4.00. The molecular weight excluding hydrogens is 354 g/mol. The molecule has 1 aromatic heterocycles. The normalized spacial score (nSPS) is 15.1. The summed E-state index contributed by atoms with van der Waals surface area (Å²) in [5, 5.41) is 3.24. The molecule has 0 bridgehead atoms. The van der Waals surface area contributed by atoms with Gasteiger partial charge in [0.25, 0.3) is 5.91 Å². The zero-order chi connectivity index (χ0) is 16.1. The highest BCUT2D eigenvalue weighted by Crippen LogP contribution is 2.20. The van der Waals surface area contributed by atoms with Gasteiger partial charge < -0.3 is 10.2 Å². The molecule has 0 saturated carbocycles. The van der Waals surface area contributed by atoms with E-state index in [4.69, 9.17) is 0 Å². The van der Waals surface area contributed by atoms with Crippen LogP contribution >= 0.6 is 15.9 Å². The van der Waals surface area contributed by atoms with Gasteiger partial charge in [-0.15, -0.1) is 0 Å². The van der Waals surface area contributed by atoms with Crippen LogP contribution in [0.3, 0.4) is 0 Å². The van der Waals surface area contributed by atoms with Crippen molar-refractivity contribution < 1.29 is 4.79 Å². The minimum absolute atomic E-state index is 0.103. The lowest BCUT2D eigenvalue weighted by Gasteiger charge is -2.20. The molecule has 1 saturated heterocycles. The highest BCUT2D eigenvalue weighted by Gasteiger charge is 2.17. The molecule has 3 rings (SSSR count). The summed E-state index contributed by atoms with van der Waals surface area (Å²) in [7, 11) is 0. The SMILES string of the molecule is O=C(c1ccnc(Nc2cccc(Br)c2)c1)N1CCCCCC1. The maximum atomic E-state index is 12.7. The Hall–Kier alpha value is -1.88. The topological polar surface area (TPSA) is 45.2 Å². The monoisotopic (exact) mass is 373 g/mol. The lowest BCUT2D eigenvalue weighted by atomic mass is 10.2. The van der Waals surface area contributed by atoms with E-state index in [2.05, 4.69) is 26.2 Å². The number of benzene rings is 1. The summed E-state index contributed by atoms with van der Waals surface area (Å²) < 4.78 is 0.999. The van der Waals surface area contributed by atoms with E-state index in [1.807, 2.05) is 35.2 Å². The van der Waals surface area contributed by atoms with Crippen molar-refractivity contribution in [2.45, 2.75) is 25.7 Å². The van der Waals surface area contributed by atoms with Crippen molar-refractivity contribution in [3.8, 4) is 0 Å². The summed E-state index contributed by atoms with van der Waals surface area (Å²) in [6.07, 6.45) is 6.32. The van der Waals surface area contributed by atoms with Crippen LogP contribution in [0.4, 0.5) is 11.5 Å². The number of hydrogen-bond donors (Lipinski definition) is 1. The molecule has 0 atom stereocenters. The highest BCUT2D eigenvalue weighted by molar-refractivity contribution is 9.10. The Bertz CT molecular complexity index is 681. The third kappa shape index (κ3) is 4.32. The van der Waals surface area contributed by atoms with E-state index in [9.17, 15) is 4.79 Å². The summed E-state index contributed by atoms with van der Waals surface area (Å²) in [4.78, 5) is 19.0. The quantitative estimate of drug-likeness (QED) is 0.854. The zero-order valence-electron chi connectivity index (χ0n) is 13.0. The molecule has 2 aromatic rings. The van der Waals surface area contributed by atoms with Crippen LogP contribution in [0, 0.1) is 0 Å². The maximum absolute atomic E-state index is 12.7. The van der Waals surface area contributed by atoms with Gasteiger partial charge in [-0.3, -0.25) is 4.79 Å². The van der Waals surface area contributed by atoms with Crippen LogP contribution in [0.2, 0.25) is 0 Å². The van der Waals surface area contributed by atoms with Gasteiger partial charge in [-0.05, 0) is 43.2 Å². The van der Waals surface area contributed by atoms with Gasteiger partial charge in [-0.25, -0.2) is 4.98 Å². The molecule has 1 fully saturated rings. The first-order valence-electron chi connectivity index (χ1n) is 8.00. The number of amides is 1. The van der Waals surface area contributed by atoms with Crippen molar-refractivity contribution in [2.75, 3.05) is 18.4 Å². The van der Waals surface area contributed by atoms with Gasteiger partial charge in [0.1, 0.15) is 5.82 Å². The van der Waals surface area contributed by atoms with Gasteiger partial charge in [0.2, 0.25) is 0 Å². The first-order chi connectivity index (χ1) is 11.2. The number of pyridine rings is 1. The fourth-order valence-corrected chi connectivity index (χ4v) is 3.20. The van der Waals surface area contributed by atoms with Crippen LogP contribution in [-0.2, 0) is 0 Å². The Morgan fingerprint density at radius 1 is 1.09 bits per heavy atom. The van der Waals surface area contributed by atoms with Crippen LogP contribution in [0.25, 0.3) is 0 Å². The Labute approximate surface area is 145 Å². The summed E-state index contributed by atoms with van der Waals surface area (Å²) in [6.45, 7) is 1.71. The maximum Gasteiger partial charge on any atom is 0.254 e. The summed E-state index contributed by atoms with van der Waals surface area (Å²) >= 11 is 3.45. The summed E-state index contributed by atoms with van der Waals surface area (Å²) in [5.41, 5.74) is 1.63. The average molecular weight is 374 g/mol. The molecule has 5 heteroatoms.